The van der Waals surface area contributed by atoms with Crippen molar-refractivity contribution in [3.8, 4) is 11.5 Å². The number of allylic oxidation sites excluding steroid dienone is 1. The minimum Gasteiger partial charge on any atom is -0.504 e. The Bertz CT molecular complexity index is 928. The number of aromatic hydroxyl groups is 1. The maximum absolute atomic E-state index is 12.6. The Morgan fingerprint density at radius 1 is 1.12 bits per heavy atom. The van der Waals surface area contributed by atoms with E-state index < -0.39 is 24.2 Å². The second-order valence-corrected chi connectivity index (χ2v) is 6.98. The SMILES string of the molecule is COc1ccc([C@@H](OC(=O)Nc2ccc(C)cc2)[C@@H](CC/C=C/C(=O)NO)OC)cc1O. The summed E-state index contributed by atoms with van der Waals surface area (Å²) in [5, 5.41) is 21.4. The molecule has 172 valence electrons. The summed E-state index contributed by atoms with van der Waals surface area (Å²) in [5.41, 5.74) is 3.64. The fraction of sp³-hybridized carbons (Fsp3) is 0.304. The standard InChI is InChI=1S/C23H28N2O7/c1-15-8-11-17(12-9-15)24-23(28)32-22(16-10-13-19(30-2)18(26)14-16)20(31-3)6-4-5-7-21(27)25-29/h5,7-14,20,22,26,29H,4,6H2,1-3H3,(H,24,28)(H,25,27)/b7-5+/t20-,22-/m1/s1. The van der Waals surface area contributed by atoms with Gasteiger partial charge in [-0.25, -0.2) is 10.3 Å². The molecule has 4 N–H and O–H groups in total. The lowest BCUT2D eigenvalue weighted by molar-refractivity contribution is -0.124. The molecule has 32 heavy (non-hydrogen) atoms. The molecule has 0 spiro atoms. The van der Waals surface area contributed by atoms with Crippen LogP contribution >= 0.6 is 0 Å². The van der Waals surface area contributed by atoms with Gasteiger partial charge in [0.2, 0.25) is 0 Å². The van der Waals surface area contributed by atoms with Crippen molar-refractivity contribution >= 4 is 17.7 Å². The first-order chi connectivity index (χ1) is 15.4. The molecule has 0 saturated heterocycles. The number of nitrogens with one attached hydrogen (secondary N) is 2. The predicted molar refractivity (Wildman–Crippen MR) is 118 cm³/mol. The highest BCUT2D eigenvalue weighted by molar-refractivity contribution is 5.86. The van der Waals surface area contributed by atoms with Gasteiger partial charge in [-0.15, -0.1) is 0 Å². The molecular weight excluding hydrogens is 416 g/mol. The van der Waals surface area contributed by atoms with E-state index in [0.29, 0.717) is 24.1 Å². The molecule has 0 bridgehead atoms. The number of carbonyl (C=O) groups is 2. The van der Waals surface area contributed by atoms with Crippen LogP contribution in [0.2, 0.25) is 0 Å². The van der Waals surface area contributed by atoms with Crippen LogP contribution in [-0.4, -0.2) is 42.6 Å². The van der Waals surface area contributed by atoms with Crippen molar-refractivity contribution in [2.45, 2.75) is 32.0 Å². The number of phenolic OH excluding ortho intramolecular Hbond substituents is 1. The van der Waals surface area contributed by atoms with E-state index in [2.05, 4.69) is 5.32 Å². The van der Waals surface area contributed by atoms with Crippen LogP contribution in [0.3, 0.4) is 0 Å². The molecule has 0 aliphatic rings. The summed E-state index contributed by atoms with van der Waals surface area (Å²) in [5.74, 6) is -0.472. The molecule has 2 atom stereocenters. The van der Waals surface area contributed by atoms with E-state index in [1.165, 1.54) is 31.8 Å². The molecule has 2 rings (SSSR count). The fourth-order valence-corrected chi connectivity index (χ4v) is 3.02. The third-order valence-corrected chi connectivity index (χ3v) is 4.70. The Labute approximate surface area is 186 Å². The monoisotopic (exact) mass is 444 g/mol. The smallest absolute Gasteiger partial charge is 0.412 e. The Balaban J connectivity index is 2.21. The highest BCUT2D eigenvalue weighted by Gasteiger charge is 2.28. The lowest BCUT2D eigenvalue weighted by atomic mass is 9.99. The first-order valence-electron chi connectivity index (χ1n) is 9.92. The highest BCUT2D eigenvalue weighted by atomic mass is 16.6. The summed E-state index contributed by atoms with van der Waals surface area (Å²) in [6.45, 7) is 1.94. The summed E-state index contributed by atoms with van der Waals surface area (Å²) < 4.78 is 16.3. The van der Waals surface area contributed by atoms with Gasteiger partial charge >= 0.3 is 6.09 Å². The van der Waals surface area contributed by atoms with Gasteiger partial charge in [-0.3, -0.25) is 15.3 Å². The van der Waals surface area contributed by atoms with Crippen LogP contribution in [0.15, 0.2) is 54.6 Å². The number of phenols is 1. The lowest BCUT2D eigenvalue weighted by Gasteiger charge is -2.26. The number of aryl methyl sites for hydroxylation is 1. The number of amides is 2. The molecule has 0 fully saturated rings. The maximum atomic E-state index is 12.6. The van der Waals surface area contributed by atoms with E-state index >= 15 is 0 Å². The number of carbonyl (C=O) groups excluding carboxylic acids is 2. The number of hydrogen-bond acceptors (Lipinski definition) is 7. The summed E-state index contributed by atoms with van der Waals surface area (Å²) in [6.07, 6.45) is 1.41. The van der Waals surface area contributed by atoms with E-state index in [9.17, 15) is 14.7 Å². The maximum Gasteiger partial charge on any atom is 0.412 e. The molecular formula is C23H28N2O7. The van der Waals surface area contributed by atoms with Gasteiger partial charge in [0, 0.05) is 18.9 Å². The zero-order valence-electron chi connectivity index (χ0n) is 18.2. The van der Waals surface area contributed by atoms with Crippen LogP contribution in [0.4, 0.5) is 10.5 Å². The van der Waals surface area contributed by atoms with Crippen LogP contribution in [0.5, 0.6) is 11.5 Å². The number of hydrogen-bond donors (Lipinski definition) is 4. The van der Waals surface area contributed by atoms with E-state index in [1.807, 2.05) is 19.1 Å². The number of benzene rings is 2. The van der Waals surface area contributed by atoms with Gasteiger partial charge in [0.15, 0.2) is 17.6 Å². The Morgan fingerprint density at radius 2 is 1.84 bits per heavy atom. The normalized spacial score (nSPS) is 12.8. The van der Waals surface area contributed by atoms with Crippen LogP contribution in [0, 0.1) is 6.92 Å². The molecule has 9 nitrogen and oxygen atoms in total. The number of methoxy groups -OCH3 is 2. The molecule has 0 aliphatic carbocycles. The highest BCUT2D eigenvalue weighted by Crippen LogP contribution is 2.33. The minimum absolute atomic E-state index is 0.105. The van der Waals surface area contributed by atoms with E-state index in [4.69, 9.17) is 19.4 Å². The Kier molecular flexibility index (Phi) is 9.52. The van der Waals surface area contributed by atoms with Crippen molar-refractivity contribution in [3.63, 3.8) is 0 Å². The quantitative estimate of drug-likeness (QED) is 0.249. The largest absolute Gasteiger partial charge is 0.504 e. The number of ether oxygens (including phenoxy) is 3. The molecule has 0 heterocycles. The first kappa shape index (κ1) is 24.7. The fourth-order valence-electron chi connectivity index (χ4n) is 3.02. The first-order valence-corrected chi connectivity index (χ1v) is 9.92. The second-order valence-electron chi connectivity index (χ2n) is 6.98. The molecule has 0 saturated carbocycles. The van der Waals surface area contributed by atoms with Crippen molar-refractivity contribution in [3.05, 3.63) is 65.7 Å². The summed E-state index contributed by atoms with van der Waals surface area (Å²) in [6, 6.07) is 11.9. The third-order valence-electron chi connectivity index (χ3n) is 4.70. The molecule has 0 unspecified atom stereocenters. The summed E-state index contributed by atoms with van der Waals surface area (Å²) in [4.78, 5) is 23.7. The van der Waals surface area contributed by atoms with Crippen LogP contribution in [0.1, 0.15) is 30.1 Å². The van der Waals surface area contributed by atoms with Crippen molar-refractivity contribution in [1.82, 2.24) is 5.48 Å². The molecule has 2 amide bonds. The zero-order chi connectivity index (χ0) is 23.5. The molecule has 0 aliphatic heterocycles. The predicted octanol–water partition coefficient (Wildman–Crippen LogP) is 3.86. The van der Waals surface area contributed by atoms with Gasteiger partial charge in [0.05, 0.1) is 13.2 Å². The summed E-state index contributed by atoms with van der Waals surface area (Å²) >= 11 is 0. The Morgan fingerprint density at radius 3 is 2.44 bits per heavy atom. The second kappa shape index (κ2) is 12.3. The zero-order valence-corrected chi connectivity index (χ0v) is 18.2. The van der Waals surface area contributed by atoms with Gasteiger partial charge < -0.3 is 19.3 Å². The molecule has 0 aromatic heterocycles. The average molecular weight is 444 g/mol. The molecule has 2 aromatic rings. The van der Waals surface area contributed by atoms with Gasteiger partial charge in [-0.05, 0) is 49.6 Å². The van der Waals surface area contributed by atoms with Gasteiger partial charge in [0.25, 0.3) is 5.91 Å². The van der Waals surface area contributed by atoms with Gasteiger partial charge in [-0.1, -0.05) is 29.8 Å². The molecule has 2 aromatic carbocycles. The van der Waals surface area contributed by atoms with Crippen molar-refractivity contribution < 1.29 is 34.1 Å². The van der Waals surface area contributed by atoms with Crippen LogP contribution in [0.25, 0.3) is 0 Å². The number of rotatable bonds is 10. The minimum atomic E-state index is -0.859. The van der Waals surface area contributed by atoms with Crippen molar-refractivity contribution in [1.29, 1.82) is 0 Å². The van der Waals surface area contributed by atoms with Crippen LogP contribution < -0.4 is 15.5 Å². The Hall–Kier alpha value is -3.56. The number of hydroxylamine groups is 1. The van der Waals surface area contributed by atoms with Gasteiger partial charge in [0.1, 0.15) is 0 Å². The van der Waals surface area contributed by atoms with E-state index in [0.717, 1.165) is 5.56 Å². The third kappa shape index (κ3) is 7.29. The van der Waals surface area contributed by atoms with Gasteiger partial charge in [-0.2, -0.15) is 0 Å². The average Bonchev–Trinajstić information content (AvgIpc) is 2.79. The van der Waals surface area contributed by atoms with E-state index in [1.54, 1.807) is 30.3 Å². The van der Waals surface area contributed by atoms with Crippen LogP contribution in [-0.2, 0) is 14.3 Å². The van der Waals surface area contributed by atoms with Crippen molar-refractivity contribution in [2.24, 2.45) is 0 Å². The topological polar surface area (TPSA) is 126 Å². The van der Waals surface area contributed by atoms with Crippen molar-refractivity contribution in [2.75, 3.05) is 19.5 Å². The molecule has 9 heteroatoms. The summed E-state index contributed by atoms with van der Waals surface area (Å²) in [7, 11) is 2.91. The number of anilines is 1. The molecule has 0 radical (unpaired) electrons. The lowest BCUT2D eigenvalue weighted by Crippen LogP contribution is -2.28. The van der Waals surface area contributed by atoms with E-state index in [-0.39, 0.29) is 11.5 Å².